The van der Waals surface area contributed by atoms with Crippen molar-refractivity contribution in [2.45, 2.75) is 0 Å². The van der Waals surface area contributed by atoms with Gasteiger partial charge in [-0.05, 0) is 12.1 Å². The van der Waals surface area contributed by atoms with Crippen LogP contribution in [0.15, 0.2) is 43.0 Å². The van der Waals surface area contributed by atoms with E-state index in [2.05, 4.69) is 10.3 Å². The smallest absolute Gasteiger partial charge is 0.326 e. The normalized spacial score (nSPS) is 13.4. The van der Waals surface area contributed by atoms with Gasteiger partial charge >= 0.3 is 6.03 Å². The molecule has 1 aromatic carbocycles. The number of hydrogen-bond acceptors (Lipinski definition) is 4. The van der Waals surface area contributed by atoms with Gasteiger partial charge in [0, 0.05) is 25.5 Å². The van der Waals surface area contributed by atoms with Crippen molar-refractivity contribution in [3.05, 3.63) is 54.1 Å². The highest BCUT2D eigenvalue weighted by Gasteiger charge is 2.34. The quantitative estimate of drug-likeness (QED) is 0.842. The fraction of sp³-hybridized carbons (Fsp3) is 0.143. The van der Waals surface area contributed by atoms with Crippen LogP contribution in [-0.4, -0.2) is 45.4 Å². The van der Waals surface area contributed by atoms with Gasteiger partial charge in [0.2, 0.25) is 0 Å². The Morgan fingerprint density at radius 3 is 2.38 bits per heavy atom. The van der Waals surface area contributed by atoms with Crippen LogP contribution in [0.5, 0.6) is 0 Å². The SMILES string of the molecule is O=C1c2ccccc2C(=O)N1CCNC(=O)n1ccnc1. The molecule has 106 valence electrons. The molecule has 7 heteroatoms. The number of fused-ring (bicyclic) bond motifs is 1. The molecule has 2 aromatic rings. The second kappa shape index (κ2) is 5.20. The standard InChI is InChI=1S/C14H12N4O3/c19-12-10-3-1-2-4-11(10)13(20)18(12)8-6-16-14(21)17-7-5-15-9-17/h1-5,7,9H,6,8H2,(H,16,21). The van der Waals surface area contributed by atoms with Crippen LogP contribution in [-0.2, 0) is 0 Å². The Morgan fingerprint density at radius 1 is 1.14 bits per heavy atom. The largest absolute Gasteiger partial charge is 0.336 e. The average Bonchev–Trinajstić information content (AvgIpc) is 3.11. The Hall–Kier alpha value is -2.96. The number of imidazole rings is 1. The third kappa shape index (κ3) is 2.29. The van der Waals surface area contributed by atoms with Crippen molar-refractivity contribution in [2.24, 2.45) is 0 Å². The van der Waals surface area contributed by atoms with Gasteiger partial charge in [-0.15, -0.1) is 0 Å². The number of carbonyl (C=O) groups excluding carboxylic acids is 3. The van der Waals surface area contributed by atoms with Gasteiger partial charge in [-0.3, -0.25) is 19.1 Å². The topological polar surface area (TPSA) is 84.3 Å². The van der Waals surface area contributed by atoms with Gasteiger partial charge in [-0.1, -0.05) is 12.1 Å². The van der Waals surface area contributed by atoms with E-state index < -0.39 is 0 Å². The van der Waals surface area contributed by atoms with E-state index in [1.165, 1.54) is 23.3 Å². The molecule has 1 aliphatic rings. The second-order valence-electron chi connectivity index (χ2n) is 4.51. The zero-order valence-electron chi connectivity index (χ0n) is 11.0. The lowest BCUT2D eigenvalue weighted by Gasteiger charge is -2.14. The molecule has 21 heavy (non-hydrogen) atoms. The summed E-state index contributed by atoms with van der Waals surface area (Å²) in [6, 6.07) is 6.33. The second-order valence-corrected chi connectivity index (χ2v) is 4.51. The summed E-state index contributed by atoms with van der Waals surface area (Å²) in [7, 11) is 0. The molecule has 0 radical (unpaired) electrons. The van der Waals surface area contributed by atoms with Gasteiger partial charge in [0.1, 0.15) is 6.33 Å². The van der Waals surface area contributed by atoms with Crippen molar-refractivity contribution >= 4 is 17.8 Å². The molecule has 3 amide bonds. The zero-order valence-corrected chi connectivity index (χ0v) is 11.0. The number of hydrogen-bond donors (Lipinski definition) is 1. The number of amides is 3. The first-order chi connectivity index (χ1) is 10.2. The van der Waals surface area contributed by atoms with Crippen molar-refractivity contribution in [2.75, 3.05) is 13.1 Å². The number of carbonyl (C=O) groups is 3. The number of rotatable bonds is 3. The minimum atomic E-state index is -0.357. The third-order valence-corrected chi connectivity index (χ3v) is 3.23. The molecule has 0 atom stereocenters. The van der Waals surface area contributed by atoms with Gasteiger partial charge in [0.25, 0.3) is 11.8 Å². The first-order valence-electron chi connectivity index (χ1n) is 6.40. The number of benzene rings is 1. The maximum atomic E-state index is 12.1. The van der Waals surface area contributed by atoms with Crippen LogP contribution < -0.4 is 5.32 Å². The highest BCUT2D eigenvalue weighted by molar-refractivity contribution is 6.21. The van der Waals surface area contributed by atoms with Crippen molar-refractivity contribution in [3.8, 4) is 0 Å². The van der Waals surface area contributed by atoms with E-state index in [9.17, 15) is 14.4 Å². The summed E-state index contributed by atoms with van der Waals surface area (Å²) in [5.74, 6) is -0.653. The van der Waals surface area contributed by atoms with E-state index in [4.69, 9.17) is 0 Å². The molecule has 2 heterocycles. The third-order valence-electron chi connectivity index (χ3n) is 3.23. The Morgan fingerprint density at radius 2 is 1.81 bits per heavy atom. The molecule has 0 aliphatic carbocycles. The number of aromatic nitrogens is 2. The molecule has 7 nitrogen and oxygen atoms in total. The molecule has 0 spiro atoms. The van der Waals surface area contributed by atoms with Crippen LogP contribution in [0.25, 0.3) is 0 Å². The molecule has 0 bridgehead atoms. The van der Waals surface area contributed by atoms with Gasteiger partial charge in [0.05, 0.1) is 11.1 Å². The molecule has 0 saturated carbocycles. The van der Waals surface area contributed by atoms with Gasteiger partial charge in [-0.25, -0.2) is 9.78 Å². The Labute approximate surface area is 120 Å². The summed E-state index contributed by atoms with van der Waals surface area (Å²) >= 11 is 0. The van der Waals surface area contributed by atoms with E-state index in [0.29, 0.717) is 11.1 Å². The summed E-state index contributed by atoms with van der Waals surface area (Å²) < 4.78 is 1.28. The van der Waals surface area contributed by atoms with Crippen LogP contribution in [0.1, 0.15) is 20.7 Å². The Balaban J connectivity index is 1.61. The molecular weight excluding hydrogens is 272 g/mol. The maximum absolute atomic E-state index is 12.1. The molecule has 0 saturated heterocycles. The summed E-state index contributed by atoms with van der Waals surface area (Å²) in [5, 5.41) is 2.62. The Bertz CT molecular complexity index is 674. The van der Waals surface area contributed by atoms with E-state index in [1.807, 2.05) is 0 Å². The summed E-state index contributed by atoms with van der Waals surface area (Å²) in [6.07, 6.45) is 4.37. The lowest BCUT2D eigenvalue weighted by Crippen LogP contribution is -2.39. The fourth-order valence-electron chi connectivity index (χ4n) is 2.19. The number of nitrogens with zero attached hydrogens (tertiary/aromatic N) is 3. The highest BCUT2D eigenvalue weighted by atomic mass is 16.2. The van der Waals surface area contributed by atoms with Crippen LogP contribution in [0.4, 0.5) is 4.79 Å². The minimum Gasteiger partial charge on any atom is -0.336 e. The molecule has 1 N–H and O–H groups in total. The first kappa shape index (κ1) is 13.0. The molecular formula is C14H12N4O3. The van der Waals surface area contributed by atoms with Crippen molar-refractivity contribution in [3.63, 3.8) is 0 Å². The van der Waals surface area contributed by atoms with Crippen LogP contribution in [0.3, 0.4) is 0 Å². The lowest BCUT2D eigenvalue weighted by molar-refractivity contribution is 0.0656. The van der Waals surface area contributed by atoms with Crippen LogP contribution in [0, 0.1) is 0 Å². The van der Waals surface area contributed by atoms with E-state index >= 15 is 0 Å². The highest BCUT2D eigenvalue weighted by Crippen LogP contribution is 2.21. The molecule has 1 aliphatic heterocycles. The predicted molar refractivity (Wildman–Crippen MR) is 72.8 cm³/mol. The van der Waals surface area contributed by atoms with E-state index in [0.717, 1.165) is 4.90 Å². The summed E-state index contributed by atoms with van der Waals surface area (Å²) in [4.78, 5) is 40.8. The van der Waals surface area contributed by atoms with Crippen LogP contribution in [0.2, 0.25) is 0 Å². The van der Waals surface area contributed by atoms with Crippen LogP contribution >= 0.6 is 0 Å². The Kier molecular flexibility index (Phi) is 3.23. The number of nitrogens with one attached hydrogen (secondary N) is 1. The molecule has 0 unspecified atom stereocenters. The molecule has 3 rings (SSSR count). The van der Waals surface area contributed by atoms with Gasteiger partial charge < -0.3 is 5.32 Å². The first-order valence-corrected chi connectivity index (χ1v) is 6.40. The zero-order chi connectivity index (χ0) is 14.8. The fourth-order valence-corrected chi connectivity index (χ4v) is 2.19. The summed E-state index contributed by atoms with van der Waals surface area (Å²) in [5.41, 5.74) is 0.812. The van der Waals surface area contributed by atoms with Crippen molar-refractivity contribution in [1.29, 1.82) is 0 Å². The van der Waals surface area contributed by atoms with Gasteiger partial charge in [0.15, 0.2) is 0 Å². The van der Waals surface area contributed by atoms with Gasteiger partial charge in [-0.2, -0.15) is 0 Å². The van der Waals surface area contributed by atoms with Crippen molar-refractivity contribution < 1.29 is 14.4 Å². The average molecular weight is 284 g/mol. The molecule has 1 aromatic heterocycles. The molecule has 0 fully saturated rings. The van der Waals surface area contributed by atoms with E-state index in [1.54, 1.807) is 24.3 Å². The number of imide groups is 1. The maximum Gasteiger partial charge on any atom is 0.326 e. The van der Waals surface area contributed by atoms with E-state index in [-0.39, 0.29) is 30.9 Å². The summed E-state index contributed by atoms with van der Waals surface area (Å²) in [6.45, 7) is 0.315. The lowest BCUT2D eigenvalue weighted by atomic mass is 10.1. The predicted octanol–water partition coefficient (Wildman–Crippen LogP) is 0.737. The van der Waals surface area contributed by atoms with Crippen molar-refractivity contribution in [1.82, 2.24) is 19.8 Å². The minimum absolute atomic E-state index is 0.132. The monoisotopic (exact) mass is 284 g/mol.